The molecule has 0 aromatic carbocycles. The molecule has 0 rings (SSSR count). The lowest BCUT2D eigenvalue weighted by molar-refractivity contribution is 0.479. The van der Waals surface area contributed by atoms with Crippen molar-refractivity contribution in [3.8, 4) is 0 Å². The summed E-state index contributed by atoms with van der Waals surface area (Å²) in [6, 6.07) is 0. The molecular formula is C10H27N2O2P. The van der Waals surface area contributed by atoms with Crippen molar-refractivity contribution in [3.63, 3.8) is 0 Å². The Balaban J connectivity index is 0. The van der Waals surface area contributed by atoms with Crippen LogP contribution in [0.4, 0.5) is 0 Å². The van der Waals surface area contributed by atoms with Crippen LogP contribution in [0.3, 0.4) is 0 Å². The van der Waals surface area contributed by atoms with Gasteiger partial charge < -0.3 is 15.9 Å². The van der Waals surface area contributed by atoms with Crippen LogP contribution < -0.4 is 11.1 Å². The fourth-order valence-electron chi connectivity index (χ4n) is 0.890. The van der Waals surface area contributed by atoms with Gasteiger partial charge in [0.05, 0.1) is 6.29 Å². The molecular weight excluding hydrogens is 211 g/mol. The molecule has 0 heterocycles. The van der Waals surface area contributed by atoms with Crippen LogP contribution in [0.1, 0.15) is 39.5 Å². The number of hydrogen-bond acceptors (Lipinski definition) is 3. The zero-order chi connectivity index (χ0) is 12.2. The number of hydrogen-bond donors (Lipinski definition) is 3. The van der Waals surface area contributed by atoms with Crippen molar-refractivity contribution in [1.29, 1.82) is 0 Å². The zero-order valence-corrected chi connectivity index (χ0v) is 11.2. The molecule has 0 spiro atoms. The highest BCUT2D eigenvalue weighted by molar-refractivity contribution is 7.57. The fraction of sp³-hybridized carbons (Fsp3) is 1.00. The second kappa shape index (κ2) is 12.2. The molecule has 0 aromatic rings. The lowest BCUT2D eigenvalue weighted by Gasteiger charge is -2.03. The number of nitrogens with one attached hydrogen (secondary N) is 1. The Labute approximate surface area is 94.1 Å². The summed E-state index contributed by atoms with van der Waals surface area (Å²) >= 11 is 0. The van der Waals surface area contributed by atoms with E-state index in [-0.39, 0.29) is 6.29 Å². The van der Waals surface area contributed by atoms with Crippen LogP contribution in [0.25, 0.3) is 0 Å². The lowest BCUT2D eigenvalue weighted by atomic mass is 10.2. The van der Waals surface area contributed by atoms with Gasteiger partial charge in [-0.2, -0.15) is 0 Å². The molecule has 0 saturated carbocycles. The zero-order valence-electron chi connectivity index (χ0n) is 10.3. The van der Waals surface area contributed by atoms with E-state index >= 15 is 0 Å². The topological polar surface area (TPSA) is 75.3 Å². The van der Waals surface area contributed by atoms with Crippen molar-refractivity contribution in [2.24, 2.45) is 5.73 Å². The largest absolute Gasteiger partial charge is 0.344 e. The van der Waals surface area contributed by atoms with Gasteiger partial charge in [-0.3, -0.25) is 4.57 Å². The Bertz CT molecular complexity index is 156. The third kappa shape index (κ3) is 24.9. The molecule has 1 unspecified atom stereocenters. The molecule has 0 aromatic heterocycles. The van der Waals surface area contributed by atoms with Gasteiger partial charge in [0.1, 0.15) is 0 Å². The van der Waals surface area contributed by atoms with Gasteiger partial charge in [0.2, 0.25) is 7.37 Å². The summed E-state index contributed by atoms with van der Waals surface area (Å²) in [7, 11) is -2.79. The first-order chi connectivity index (χ1) is 6.97. The Kier molecular flexibility index (Phi) is 14.2. The van der Waals surface area contributed by atoms with Crippen molar-refractivity contribution in [1.82, 2.24) is 5.32 Å². The number of unbranched alkanes of at least 4 members (excludes halogenated alkanes) is 3. The summed E-state index contributed by atoms with van der Waals surface area (Å²) in [6.07, 6.45) is 5.39. The van der Waals surface area contributed by atoms with Crippen molar-refractivity contribution in [2.45, 2.75) is 39.5 Å². The molecule has 0 saturated heterocycles. The van der Waals surface area contributed by atoms with Crippen LogP contribution in [0.2, 0.25) is 0 Å². The highest BCUT2D eigenvalue weighted by Crippen LogP contribution is 2.32. The minimum Gasteiger partial charge on any atom is -0.344 e. The molecule has 0 amide bonds. The Morgan fingerprint density at radius 1 is 1.27 bits per heavy atom. The van der Waals surface area contributed by atoms with Crippen LogP contribution in [-0.4, -0.2) is 30.9 Å². The third-order valence-electron chi connectivity index (χ3n) is 1.71. The van der Waals surface area contributed by atoms with Gasteiger partial charge in [0, 0.05) is 6.66 Å². The van der Waals surface area contributed by atoms with Gasteiger partial charge in [-0.1, -0.05) is 33.1 Å². The maximum atomic E-state index is 10.5. The van der Waals surface area contributed by atoms with E-state index in [9.17, 15) is 4.57 Å². The number of nitrogens with two attached hydrogens (primary N) is 1. The van der Waals surface area contributed by atoms with Crippen LogP contribution >= 0.6 is 7.37 Å². The summed E-state index contributed by atoms with van der Waals surface area (Å²) < 4.78 is 10.5. The predicted octanol–water partition coefficient (Wildman–Crippen LogP) is 1.98. The normalized spacial score (nSPS) is 13.9. The Hall–Kier alpha value is 0.110. The number of rotatable bonds is 7. The van der Waals surface area contributed by atoms with Crippen molar-refractivity contribution in [3.05, 3.63) is 0 Å². The molecule has 5 heteroatoms. The first kappa shape index (κ1) is 17.5. The van der Waals surface area contributed by atoms with Gasteiger partial charge in [0.25, 0.3) is 0 Å². The summed E-state index contributed by atoms with van der Waals surface area (Å²) in [4.78, 5) is 8.64. The predicted molar refractivity (Wildman–Crippen MR) is 67.5 cm³/mol. The quantitative estimate of drug-likeness (QED) is 0.468. The monoisotopic (exact) mass is 238 g/mol. The first-order valence-corrected chi connectivity index (χ1v) is 7.97. The Morgan fingerprint density at radius 3 is 2.13 bits per heavy atom. The molecule has 0 radical (unpaired) electrons. The molecule has 0 aliphatic heterocycles. The van der Waals surface area contributed by atoms with E-state index in [1.54, 1.807) is 0 Å². The van der Waals surface area contributed by atoms with E-state index < -0.39 is 7.37 Å². The van der Waals surface area contributed by atoms with E-state index in [2.05, 4.69) is 12.2 Å². The third-order valence-corrected chi connectivity index (χ3v) is 2.52. The SMILES string of the molecule is CCCCCCN.CCNCP(C)(=O)O. The molecule has 0 aliphatic rings. The van der Waals surface area contributed by atoms with E-state index in [1.807, 2.05) is 6.92 Å². The average Bonchev–Trinajstić information content (AvgIpc) is 2.16. The van der Waals surface area contributed by atoms with E-state index in [0.29, 0.717) is 0 Å². The summed E-state index contributed by atoms with van der Waals surface area (Å²) in [5.74, 6) is 0. The van der Waals surface area contributed by atoms with Crippen molar-refractivity contribution < 1.29 is 9.46 Å². The average molecular weight is 238 g/mol. The Morgan fingerprint density at radius 2 is 1.87 bits per heavy atom. The molecule has 1 atom stereocenters. The van der Waals surface area contributed by atoms with Crippen LogP contribution in [0, 0.1) is 0 Å². The molecule has 4 nitrogen and oxygen atoms in total. The van der Waals surface area contributed by atoms with E-state index in [4.69, 9.17) is 10.6 Å². The van der Waals surface area contributed by atoms with E-state index in [0.717, 1.165) is 13.1 Å². The smallest absolute Gasteiger partial charge is 0.210 e. The highest BCUT2D eigenvalue weighted by atomic mass is 31.2. The van der Waals surface area contributed by atoms with Gasteiger partial charge in [-0.05, 0) is 19.5 Å². The second-order valence-electron chi connectivity index (χ2n) is 3.66. The summed E-state index contributed by atoms with van der Waals surface area (Å²) in [6.45, 7) is 7.06. The minimum absolute atomic E-state index is 0.226. The molecule has 0 aliphatic carbocycles. The summed E-state index contributed by atoms with van der Waals surface area (Å²) in [5, 5.41) is 2.78. The minimum atomic E-state index is -2.79. The van der Waals surface area contributed by atoms with Crippen molar-refractivity contribution >= 4 is 7.37 Å². The molecule has 4 N–H and O–H groups in total. The van der Waals surface area contributed by atoms with Crippen LogP contribution in [0.15, 0.2) is 0 Å². The van der Waals surface area contributed by atoms with Crippen LogP contribution in [0.5, 0.6) is 0 Å². The van der Waals surface area contributed by atoms with Crippen molar-refractivity contribution in [2.75, 3.05) is 26.0 Å². The fourth-order valence-corrected chi connectivity index (χ4v) is 1.53. The molecule has 15 heavy (non-hydrogen) atoms. The van der Waals surface area contributed by atoms with Gasteiger partial charge >= 0.3 is 0 Å². The molecule has 94 valence electrons. The first-order valence-electron chi connectivity index (χ1n) is 5.68. The standard InChI is InChI=1S/C6H15N.C4H12NO2P/c1-2-3-4-5-6-7;1-3-5-4-8(2,6)7/h2-7H2,1H3;5H,3-4H2,1-2H3,(H,6,7). The molecule has 0 bridgehead atoms. The molecule has 0 fully saturated rings. The maximum Gasteiger partial charge on any atom is 0.210 e. The van der Waals surface area contributed by atoms with Crippen LogP contribution in [-0.2, 0) is 4.57 Å². The van der Waals surface area contributed by atoms with Gasteiger partial charge in [-0.25, -0.2) is 0 Å². The van der Waals surface area contributed by atoms with Gasteiger partial charge in [-0.15, -0.1) is 0 Å². The summed E-state index contributed by atoms with van der Waals surface area (Å²) in [5.41, 5.74) is 5.27. The highest BCUT2D eigenvalue weighted by Gasteiger charge is 2.05. The van der Waals surface area contributed by atoms with E-state index in [1.165, 1.54) is 32.3 Å². The lowest BCUT2D eigenvalue weighted by Crippen LogP contribution is -2.13. The van der Waals surface area contributed by atoms with Gasteiger partial charge in [0.15, 0.2) is 0 Å². The second-order valence-corrected chi connectivity index (χ2v) is 6.08. The maximum absolute atomic E-state index is 10.5.